The summed E-state index contributed by atoms with van der Waals surface area (Å²) in [5.74, 6) is -1.01. The highest BCUT2D eigenvalue weighted by Crippen LogP contribution is 2.04. The average Bonchev–Trinajstić information content (AvgIpc) is 2.29. The van der Waals surface area contributed by atoms with Gasteiger partial charge in [0.05, 0.1) is 12.8 Å². The van der Waals surface area contributed by atoms with Crippen molar-refractivity contribution in [3.63, 3.8) is 0 Å². The van der Waals surface area contributed by atoms with Gasteiger partial charge in [-0.25, -0.2) is 0 Å². The molecule has 0 aromatic heterocycles. The van der Waals surface area contributed by atoms with Crippen LogP contribution in [0.4, 0.5) is 0 Å². The molecule has 0 aliphatic heterocycles. The van der Waals surface area contributed by atoms with Crippen LogP contribution in [0.1, 0.15) is 31.7 Å². The lowest BCUT2D eigenvalue weighted by Gasteiger charge is -2.16. The van der Waals surface area contributed by atoms with Gasteiger partial charge in [0.1, 0.15) is 0 Å². The maximum Gasteiger partial charge on any atom is 0.305 e. The Bertz CT molecular complexity index is 389. The fraction of sp³-hybridized carbons (Fsp3) is 0.429. The smallest absolute Gasteiger partial charge is 0.305 e. The topological polar surface area (TPSA) is 66.4 Å². The van der Waals surface area contributed by atoms with E-state index in [0.717, 1.165) is 12.0 Å². The fourth-order valence-electron chi connectivity index (χ4n) is 1.84. The normalized spacial score (nSPS) is 11.8. The quantitative estimate of drug-likeness (QED) is 0.776. The van der Waals surface area contributed by atoms with Gasteiger partial charge < -0.3 is 10.4 Å². The standard InChI is InChI=1S/C14H19NO3/c1-2-6-12(10-14(17)18)15-13(16)9-11-7-4-3-5-8-11/h3-5,7-8,12H,2,6,9-10H2,1H3,(H,15,16)(H,17,18). The van der Waals surface area contributed by atoms with E-state index in [1.165, 1.54) is 0 Å². The van der Waals surface area contributed by atoms with Crippen molar-refractivity contribution in [2.45, 2.75) is 38.6 Å². The Morgan fingerprint density at radius 1 is 1.28 bits per heavy atom. The average molecular weight is 249 g/mol. The maximum atomic E-state index is 11.8. The van der Waals surface area contributed by atoms with Gasteiger partial charge >= 0.3 is 5.97 Å². The number of carboxylic acids is 1. The molecule has 18 heavy (non-hydrogen) atoms. The zero-order chi connectivity index (χ0) is 13.4. The lowest BCUT2D eigenvalue weighted by atomic mass is 10.1. The summed E-state index contributed by atoms with van der Waals surface area (Å²) in [5, 5.41) is 11.5. The van der Waals surface area contributed by atoms with Gasteiger partial charge in [-0.1, -0.05) is 43.7 Å². The van der Waals surface area contributed by atoms with Crippen molar-refractivity contribution in [3.05, 3.63) is 35.9 Å². The van der Waals surface area contributed by atoms with Gasteiger partial charge in [-0.3, -0.25) is 9.59 Å². The first-order valence-corrected chi connectivity index (χ1v) is 6.17. The molecule has 0 bridgehead atoms. The molecule has 0 fully saturated rings. The molecule has 2 N–H and O–H groups in total. The van der Waals surface area contributed by atoms with Crippen molar-refractivity contribution in [1.82, 2.24) is 5.32 Å². The molecule has 1 amide bonds. The van der Waals surface area contributed by atoms with Crippen LogP contribution in [-0.4, -0.2) is 23.0 Å². The molecule has 1 atom stereocenters. The van der Waals surface area contributed by atoms with Crippen LogP contribution in [0, 0.1) is 0 Å². The van der Waals surface area contributed by atoms with E-state index in [1.807, 2.05) is 37.3 Å². The highest BCUT2D eigenvalue weighted by Gasteiger charge is 2.15. The van der Waals surface area contributed by atoms with Crippen molar-refractivity contribution in [1.29, 1.82) is 0 Å². The molecule has 98 valence electrons. The van der Waals surface area contributed by atoms with Crippen LogP contribution in [-0.2, 0) is 16.0 Å². The minimum absolute atomic E-state index is 0.0195. The van der Waals surface area contributed by atoms with Crippen LogP contribution >= 0.6 is 0 Å². The van der Waals surface area contributed by atoms with Gasteiger partial charge in [0.15, 0.2) is 0 Å². The van der Waals surface area contributed by atoms with Crippen molar-refractivity contribution in [3.8, 4) is 0 Å². The summed E-state index contributed by atoms with van der Waals surface area (Å²) in [6, 6.07) is 9.14. The highest BCUT2D eigenvalue weighted by molar-refractivity contribution is 5.79. The third kappa shape index (κ3) is 5.48. The molecular weight excluding hydrogens is 230 g/mol. The molecule has 0 aliphatic rings. The lowest BCUT2D eigenvalue weighted by Crippen LogP contribution is -2.37. The molecule has 0 heterocycles. The summed E-state index contributed by atoms with van der Waals surface area (Å²) in [6.07, 6.45) is 1.81. The summed E-state index contributed by atoms with van der Waals surface area (Å²) < 4.78 is 0. The number of aliphatic carboxylic acids is 1. The zero-order valence-electron chi connectivity index (χ0n) is 10.6. The van der Waals surface area contributed by atoms with Gasteiger partial charge in [0.2, 0.25) is 5.91 Å². The van der Waals surface area contributed by atoms with E-state index in [4.69, 9.17) is 5.11 Å². The van der Waals surface area contributed by atoms with Gasteiger partial charge in [0, 0.05) is 6.04 Å². The van der Waals surface area contributed by atoms with E-state index < -0.39 is 5.97 Å². The Morgan fingerprint density at radius 2 is 1.94 bits per heavy atom. The number of hydrogen-bond acceptors (Lipinski definition) is 2. The fourth-order valence-corrected chi connectivity index (χ4v) is 1.84. The van der Waals surface area contributed by atoms with Crippen molar-refractivity contribution in [2.75, 3.05) is 0 Å². The predicted octanol–water partition coefficient (Wildman–Crippen LogP) is 1.99. The van der Waals surface area contributed by atoms with E-state index in [-0.39, 0.29) is 18.4 Å². The second kappa shape index (κ2) is 7.48. The van der Waals surface area contributed by atoms with Gasteiger partial charge in [-0.15, -0.1) is 0 Å². The third-order valence-corrected chi connectivity index (χ3v) is 2.63. The summed E-state index contributed by atoms with van der Waals surface area (Å²) in [4.78, 5) is 22.4. The summed E-state index contributed by atoms with van der Waals surface area (Å²) in [7, 11) is 0. The van der Waals surface area contributed by atoms with Crippen LogP contribution in [0.5, 0.6) is 0 Å². The van der Waals surface area contributed by atoms with Crippen LogP contribution in [0.15, 0.2) is 30.3 Å². The number of nitrogens with one attached hydrogen (secondary N) is 1. The van der Waals surface area contributed by atoms with E-state index in [9.17, 15) is 9.59 Å². The SMILES string of the molecule is CCCC(CC(=O)O)NC(=O)Cc1ccccc1. The Labute approximate surface area is 107 Å². The molecule has 0 aliphatic carbocycles. The maximum absolute atomic E-state index is 11.8. The molecule has 0 spiro atoms. The third-order valence-electron chi connectivity index (χ3n) is 2.63. The van der Waals surface area contributed by atoms with Crippen LogP contribution in [0.3, 0.4) is 0 Å². The molecule has 0 saturated heterocycles. The van der Waals surface area contributed by atoms with Crippen molar-refractivity contribution >= 4 is 11.9 Å². The van der Waals surface area contributed by atoms with Crippen LogP contribution in [0.25, 0.3) is 0 Å². The van der Waals surface area contributed by atoms with Crippen molar-refractivity contribution < 1.29 is 14.7 Å². The first-order valence-electron chi connectivity index (χ1n) is 6.17. The van der Waals surface area contributed by atoms with Crippen LogP contribution in [0.2, 0.25) is 0 Å². The van der Waals surface area contributed by atoms with Gasteiger partial charge in [-0.05, 0) is 12.0 Å². The molecule has 1 rings (SSSR count). The van der Waals surface area contributed by atoms with Gasteiger partial charge in [0.25, 0.3) is 0 Å². The molecule has 4 heteroatoms. The number of carbonyl (C=O) groups excluding carboxylic acids is 1. The molecule has 1 aromatic carbocycles. The molecule has 1 unspecified atom stereocenters. The van der Waals surface area contributed by atoms with Crippen LogP contribution < -0.4 is 5.32 Å². The van der Waals surface area contributed by atoms with E-state index in [0.29, 0.717) is 12.8 Å². The highest BCUT2D eigenvalue weighted by atomic mass is 16.4. The lowest BCUT2D eigenvalue weighted by molar-refractivity contribution is -0.137. The first-order chi connectivity index (χ1) is 8.61. The molecule has 1 aromatic rings. The number of benzene rings is 1. The molecule has 0 radical (unpaired) electrons. The molecule has 0 saturated carbocycles. The number of amides is 1. The summed E-state index contributed by atoms with van der Waals surface area (Å²) in [6.45, 7) is 1.97. The second-order valence-electron chi connectivity index (χ2n) is 4.31. The monoisotopic (exact) mass is 249 g/mol. The Morgan fingerprint density at radius 3 is 2.50 bits per heavy atom. The van der Waals surface area contributed by atoms with E-state index in [2.05, 4.69) is 5.32 Å². The first kappa shape index (κ1) is 14.2. The summed E-state index contributed by atoms with van der Waals surface area (Å²) >= 11 is 0. The largest absolute Gasteiger partial charge is 0.481 e. The predicted molar refractivity (Wildman–Crippen MR) is 69.2 cm³/mol. The molecule has 4 nitrogen and oxygen atoms in total. The number of rotatable bonds is 7. The second-order valence-corrected chi connectivity index (χ2v) is 4.31. The minimum atomic E-state index is -0.881. The Balaban J connectivity index is 2.48. The zero-order valence-corrected chi connectivity index (χ0v) is 10.6. The van der Waals surface area contributed by atoms with Gasteiger partial charge in [-0.2, -0.15) is 0 Å². The number of carboxylic acid groups (broad SMARTS) is 1. The number of hydrogen-bond donors (Lipinski definition) is 2. The summed E-state index contributed by atoms with van der Waals surface area (Å²) in [5.41, 5.74) is 0.931. The van der Waals surface area contributed by atoms with Crippen molar-refractivity contribution in [2.24, 2.45) is 0 Å². The minimum Gasteiger partial charge on any atom is -0.481 e. The Hall–Kier alpha value is -1.84. The van der Waals surface area contributed by atoms with E-state index in [1.54, 1.807) is 0 Å². The number of carbonyl (C=O) groups is 2. The Kier molecular flexibility index (Phi) is 5.91. The van der Waals surface area contributed by atoms with E-state index >= 15 is 0 Å². The molecular formula is C14H19NO3.